The summed E-state index contributed by atoms with van der Waals surface area (Å²) < 4.78 is 51.2. The summed E-state index contributed by atoms with van der Waals surface area (Å²) >= 11 is 0. The van der Waals surface area contributed by atoms with E-state index in [9.17, 15) is 27.6 Å². The van der Waals surface area contributed by atoms with E-state index in [0.29, 0.717) is 51.7 Å². The van der Waals surface area contributed by atoms with Gasteiger partial charge in [-0.3, -0.25) is 14.4 Å². The van der Waals surface area contributed by atoms with Crippen LogP contribution >= 0.6 is 0 Å². The third-order valence-electron chi connectivity index (χ3n) is 4.05. The van der Waals surface area contributed by atoms with Crippen LogP contribution in [0.5, 0.6) is 0 Å². The molecule has 0 aliphatic heterocycles. The highest BCUT2D eigenvalue weighted by Crippen LogP contribution is 2.06. The van der Waals surface area contributed by atoms with E-state index in [1.807, 2.05) is 6.92 Å². The maximum Gasteiger partial charge on any atom is 0.302 e. The first kappa shape index (κ1) is 35.8. The Balaban J connectivity index is -0.000000409. The molecule has 198 valence electrons. The van der Waals surface area contributed by atoms with Crippen molar-refractivity contribution in [3.8, 4) is 0 Å². The van der Waals surface area contributed by atoms with E-state index >= 15 is 0 Å². The summed E-state index contributed by atoms with van der Waals surface area (Å²) in [5.41, 5.74) is 0. The maximum absolute atomic E-state index is 12.7. The second-order valence-electron chi connectivity index (χ2n) is 7.62. The van der Waals surface area contributed by atoms with E-state index in [-0.39, 0.29) is 24.5 Å². The van der Waals surface area contributed by atoms with Gasteiger partial charge in [-0.25, -0.2) is 13.2 Å². The van der Waals surface area contributed by atoms with Crippen LogP contribution in [0.3, 0.4) is 0 Å². The zero-order chi connectivity index (χ0) is 26.1. The van der Waals surface area contributed by atoms with E-state index in [1.165, 1.54) is 27.7 Å². The van der Waals surface area contributed by atoms with Crippen LogP contribution in [0.15, 0.2) is 0 Å². The molecule has 0 aromatic heterocycles. The standard InChI is InChI=1S/3C8H15FO2/c1-7(9)5-3-4-6-11-8(2)10;1-3-8(9)5-4-6-11-7(2)10;1-3-4-8(9)5-6-11-7(2)10/h7H,3-6H2,1-2H3;2*8H,3-6H2,1-2H3. The van der Waals surface area contributed by atoms with Crippen LogP contribution in [-0.4, -0.2) is 56.2 Å². The monoisotopic (exact) mass is 486 g/mol. The average Bonchev–Trinajstić information content (AvgIpc) is 2.71. The van der Waals surface area contributed by atoms with Crippen LogP contribution in [0.1, 0.15) is 99.3 Å². The number of unbranched alkanes of at least 4 members (excludes halogenated alkanes) is 1. The van der Waals surface area contributed by atoms with Crippen molar-refractivity contribution < 1.29 is 41.8 Å². The molecule has 9 heteroatoms. The number of carbonyl (C=O) groups excluding carboxylic acids is 3. The number of hydrogen-bond donors (Lipinski definition) is 0. The number of ether oxygens (including phenoxy) is 3. The SMILES string of the molecule is CC(=O)OCCCCC(C)F.CCC(F)CCCOC(C)=O.CCCC(F)CCOC(C)=O. The van der Waals surface area contributed by atoms with E-state index in [4.69, 9.17) is 0 Å². The molecule has 0 aromatic carbocycles. The number of alkyl halides is 3. The van der Waals surface area contributed by atoms with Crippen molar-refractivity contribution in [2.75, 3.05) is 19.8 Å². The van der Waals surface area contributed by atoms with Crippen LogP contribution < -0.4 is 0 Å². The number of esters is 3. The molecule has 0 saturated carbocycles. The van der Waals surface area contributed by atoms with Crippen molar-refractivity contribution in [2.24, 2.45) is 0 Å². The highest BCUT2D eigenvalue weighted by molar-refractivity contribution is 5.66. The summed E-state index contributed by atoms with van der Waals surface area (Å²) in [4.78, 5) is 30.7. The number of rotatable bonds is 15. The smallest absolute Gasteiger partial charge is 0.302 e. The van der Waals surface area contributed by atoms with Crippen molar-refractivity contribution in [2.45, 2.75) is 118 Å². The average molecular weight is 487 g/mol. The lowest BCUT2D eigenvalue weighted by Gasteiger charge is -2.05. The largest absolute Gasteiger partial charge is 0.466 e. The molecule has 3 atom stereocenters. The Morgan fingerprint density at radius 2 is 1.12 bits per heavy atom. The second kappa shape index (κ2) is 26.5. The molecular weight excluding hydrogens is 441 g/mol. The minimum atomic E-state index is -0.820. The fraction of sp³-hybridized carbons (Fsp3) is 0.875. The molecule has 0 aliphatic carbocycles. The van der Waals surface area contributed by atoms with Gasteiger partial charge in [-0.15, -0.1) is 0 Å². The molecule has 0 fully saturated rings. The summed E-state index contributed by atoms with van der Waals surface area (Å²) in [6, 6.07) is 0. The maximum atomic E-state index is 12.7. The third kappa shape index (κ3) is 41.0. The molecule has 0 aromatic rings. The van der Waals surface area contributed by atoms with Crippen molar-refractivity contribution in [1.29, 1.82) is 0 Å². The Hall–Kier alpha value is -1.80. The molecule has 0 N–H and O–H groups in total. The third-order valence-corrected chi connectivity index (χ3v) is 4.05. The summed E-state index contributed by atoms with van der Waals surface area (Å²) in [6.07, 6.45) is 3.16. The van der Waals surface area contributed by atoms with Crippen LogP contribution in [0.25, 0.3) is 0 Å². The molecule has 0 bridgehead atoms. The number of carbonyl (C=O) groups is 3. The second-order valence-corrected chi connectivity index (χ2v) is 7.62. The molecule has 0 amide bonds. The Morgan fingerprint density at radius 1 is 0.636 bits per heavy atom. The lowest BCUT2D eigenvalue weighted by Crippen LogP contribution is -2.07. The molecule has 0 saturated heterocycles. The van der Waals surface area contributed by atoms with Gasteiger partial charge in [0.1, 0.15) is 6.17 Å². The van der Waals surface area contributed by atoms with E-state index in [1.54, 1.807) is 6.92 Å². The highest BCUT2D eigenvalue weighted by Gasteiger charge is 2.05. The Morgan fingerprint density at radius 3 is 1.55 bits per heavy atom. The van der Waals surface area contributed by atoms with Crippen LogP contribution in [0.4, 0.5) is 13.2 Å². The zero-order valence-electron chi connectivity index (χ0n) is 21.3. The van der Waals surface area contributed by atoms with Crippen molar-refractivity contribution in [1.82, 2.24) is 0 Å². The fourth-order valence-electron chi connectivity index (χ4n) is 2.26. The quantitative estimate of drug-likeness (QED) is 0.155. The first-order valence-electron chi connectivity index (χ1n) is 11.8. The molecule has 0 radical (unpaired) electrons. The van der Waals surface area contributed by atoms with Gasteiger partial charge in [-0.2, -0.15) is 0 Å². The van der Waals surface area contributed by atoms with E-state index < -0.39 is 18.5 Å². The number of halogens is 3. The van der Waals surface area contributed by atoms with Gasteiger partial charge in [0.2, 0.25) is 0 Å². The Bertz CT molecular complexity index is 475. The highest BCUT2D eigenvalue weighted by atomic mass is 19.1. The van der Waals surface area contributed by atoms with Gasteiger partial charge < -0.3 is 14.2 Å². The minimum Gasteiger partial charge on any atom is -0.466 e. The van der Waals surface area contributed by atoms with Gasteiger partial charge in [-0.05, 0) is 51.9 Å². The lowest BCUT2D eigenvalue weighted by atomic mass is 10.2. The van der Waals surface area contributed by atoms with Gasteiger partial charge in [0, 0.05) is 27.2 Å². The topological polar surface area (TPSA) is 78.9 Å². The van der Waals surface area contributed by atoms with E-state index in [0.717, 1.165) is 19.3 Å². The molecule has 0 heterocycles. The van der Waals surface area contributed by atoms with Gasteiger partial charge in [-0.1, -0.05) is 20.3 Å². The fourth-order valence-corrected chi connectivity index (χ4v) is 2.26. The lowest BCUT2D eigenvalue weighted by molar-refractivity contribution is -0.142. The molecule has 0 spiro atoms. The molecule has 0 aliphatic rings. The number of hydrogen-bond acceptors (Lipinski definition) is 6. The molecular formula is C24H45F3O6. The molecule has 6 nitrogen and oxygen atoms in total. The van der Waals surface area contributed by atoms with Gasteiger partial charge in [0.25, 0.3) is 0 Å². The molecule has 0 rings (SSSR count). The molecule has 33 heavy (non-hydrogen) atoms. The zero-order valence-corrected chi connectivity index (χ0v) is 21.3. The van der Waals surface area contributed by atoms with Crippen LogP contribution in [0.2, 0.25) is 0 Å². The summed E-state index contributed by atoms with van der Waals surface area (Å²) in [5, 5.41) is 0. The summed E-state index contributed by atoms with van der Waals surface area (Å²) in [5.74, 6) is -0.899. The first-order chi connectivity index (χ1) is 15.5. The Labute approximate surface area is 197 Å². The molecule has 3 unspecified atom stereocenters. The van der Waals surface area contributed by atoms with Crippen molar-refractivity contribution >= 4 is 17.9 Å². The van der Waals surface area contributed by atoms with E-state index in [2.05, 4.69) is 14.2 Å². The Kier molecular flexibility index (Phi) is 28.7. The normalized spacial score (nSPS) is 12.6. The first-order valence-corrected chi connectivity index (χ1v) is 11.8. The van der Waals surface area contributed by atoms with Gasteiger partial charge in [0.15, 0.2) is 0 Å². The predicted octanol–water partition coefficient (Wildman–Crippen LogP) is 6.23. The van der Waals surface area contributed by atoms with Crippen molar-refractivity contribution in [3.63, 3.8) is 0 Å². The summed E-state index contributed by atoms with van der Waals surface area (Å²) in [6.45, 7) is 10.3. The summed E-state index contributed by atoms with van der Waals surface area (Å²) in [7, 11) is 0. The van der Waals surface area contributed by atoms with Crippen LogP contribution in [0, 0.1) is 0 Å². The van der Waals surface area contributed by atoms with Gasteiger partial charge >= 0.3 is 17.9 Å². The van der Waals surface area contributed by atoms with Gasteiger partial charge in [0.05, 0.1) is 32.2 Å². The minimum absolute atomic E-state index is 0.205. The van der Waals surface area contributed by atoms with Crippen LogP contribution in [-0.2, 0) is 28.6 Å². The predicted molar refractivity (Wildman–Crippen MR) is 123 cm³/mol. The van der Waals surface area contributed by atoms with Crippen molar-refractivity contribution in [3.05, 3.63) is 0 Å².